The molecule has 0 spiro atoms. The van der Waals surface area contributed by atoms with Gasteiger partial charge in [0.2, 0.25) is 5.91 Å². The van der Waals surface area contributed by atoms with Crippen LogP contribution in [0.2, 0.25) is 0 Å². The normalized spacial score (nSPS) is 15.1. The Balaban J connectivity index is 1.41. The lowest BCUT2D eigenvalue weighted by Gasteiger charge is -2.35. The highest BCUT2D eigenvalue weighted by Gasteiger charge is 2.30. The van der Waals surface area contributed by atoms with Crippen molar-refractivity contribution in [3.05, 3.63) is 65.2 Å². The summed E-state index contributed by atoms with van der Waals surface area (Å²) in [5, 5.41) is 5.33. The first-order valence-electron chi connectivity index (χ1n) is 10.2. The number of anilines is 2. The number of piperazine rings is 1. The van der Waals surface area contributed by atoms with Crippen LogP contribution in [0.25, 0.3) is 10.6 Å². The third kappa shape index (κ3) is 5.28. The van der Waals surface area contributed by atoms with Crippen molar-refractivity contribution in [1.82, 2.24) is 9.88 Å². The Kier molecular flexibility index (Phi) is 6.48. The van der Waals surface area contributed by atoms with Crippen LogP contribution < -0.4 is 10.2 Å². The van der Waals surface area contributed by atoms with Crippen molar-refractivity contribution in [2.45, 2.75) is 12.6 Å². The van der Waals surface area contributed by atoms with Crippen molar-refractivity contribution >= 4 is 28.6 Å². The molecule has 0 atom stereocenters. The number of benzene rings is 2. The summed E-state index contributed by atoms with van der Waals surface area (Å²) in [6.07, 6.45) is -4.28. The maximum Gasteiger partial charge on any atom is 0.416 e. The number of rotatable bonds is 5. The van der Waals surface area contributed by atoms with Crippen molar-refractivity contribution in [2.24, 2.45) is 0 Å². The zero-order chi connectivity index (χ0) is 22.7. The number of carbonyl (C=O) groups excluding carboxylic acids is 1. The lowest BCUT2D eigenvalue weighted by molar-refractivity contribution is -0.137. The molecule has 1 aromatic heterocycles. The van der Waals surface area contributed by atoms with E-state index >= 15 is 0 Å². The van der Waals surface area contributed by atoms with Gasteiger partial charge >= 0.3 is 6.18 Å². The van der Waals surface area contributed by atoms with E-state index in [0.29, 0.717) is 16.3 Å². The summed E-state index contributed by atoms with van der Waals surface area (Å²) in [7, 11) is 2.10. The van der Waals surface area contributed by atoms with Gasteiger partial charge in [-0.05, 0) is 31.3 Å². The fourth-order valence-electron chi connectivity index (χ4n) is 3.58. The first-order valence-corrected chi connectivity index (χ1v) is 11.1. The molecule has 4 rings (SSSR count). The number of alkyl halides is 3. The highest BCUT2D eigenvalue weighted by atomic mass is 32.1. The first-order chi connectivity index (χ1) is 15.3. The van der Waals surface area contributed by atoms with Crippen molar-refractivity contribution < 1.29 is 18.0 Å². The monoisotopic (exact) mass is 460 g/mol. The van der Waals surface area contributed by atoms with Crippen LogP contribution >= 0.6 is 11.3 Å². The fraction of sp³-hybridized carbons (Fsp3) is 0.304. The molecule has 1 aliphatic heterocycles. The predicted octanol–water partition coefficient (Wildman–Crippen LogP) is 4.76. The molecule has 0 radical (unpaired) electrons. The van der Waals surface area contributed by atoms with Crippen LogP contribution in [0.3, 0.4) is 0 Å². The average molecular weight is 461 g/mol. The summed E-state index contributed by atoms with van der Waals surface area (Å²) in [5.41, 5.74) is 2.24. The Bertz CT molecular complexity index is 1070. The minimum atomic E-state index is -4.37. The van der Waals surface area contributed by atoms with Crippen LogP contribution in [-0.2, 0) is 17.4 Å². The molecular weight excluding hydrogens is 437 g/mol. The molecule has 1 amide bonds. The first kappa shape index (κ1) is 22.3. The second-order valence-electron chi connectivity index (χ2n) is 7.75. The maximum absolute atomic E-state index is 12.8. The van der Waals surface area contributed by atoms with Crippen LogP contribution in [0.15, 0.2) is 53.9 Å². The zero-order valence-electron chi connectivity index (χ0n) is 17.5. The van der Waals surface area contributed by atoms with Crippen LogP contribution in [-0.4, -0.2) is 49.0 Å². The predicted molar refractivity (Wildman–Crippen MR) is 121 cm³/mol. The molecule has 0 aliphatic carbocycles. The van der Waals surface area contributed by atoms with E-state index in [4.69, 9.17) is 0 Å². The van der Waals surface area contributed by atoms with Crippen LogP contribution in [0.4, 0.5) is 24.5 Å². The summed E-state index contributed by atoms with van der Waals surface area (Å²) < 4.78 is 38.3. The third-order valence-corrected chi connectivity index (χ3v) is 6.31. The molecule has 1 N–H and O–H groups in total. The van der Waals surface area contributed by atoms with Gasteiger partial charge in [0.05, 0.1) is 29.1 Å². The Labute approximate surface area is 188 Å². The molecule has 2 aromatic carbocycles. The molecule has 0 saturated carbocycles. The van der Waals surface area contributed by atoms with E-state index in [9.17, 15) is 18.0 Å². The minimum Gasteiger partial charge on any atom is -0.367 e. The van der Waals surface area contributed by atoms with E-state index in [1.165, 1.54) is 23.5 Å². The number of nitrogens with zero attached hydrogens (tertiary/aromatic N) is 3. The van der Waals surface area contributed by atoms with Crippen LogP contribution in [0.1, 0.15) is 11.3 Å². The van der Waals surface area contributed by atoms with Crippen LogP contribution in [0.5, 0.6) is 0 Å². The Morgan fingerprint density at radius 2 is 1.75 bits per heavy atom. The van der Waals surface area contributed by atoms with Crippen molar-refractivity contribution in [1.29, 1.82) is 0 Å². The average Bonchev–Trinajstić information content (AvgIpc) is 3.22. The largest absolute Gasteiger partial charge is 0.416 e. The summed E-state index contributed by atoms with van der Waals surface area (Å²) >= 11 is 1.31. The van der Waals surface area contributed by atoms with E-state index in [1.807, 2.05) is 24.3 Å². The van der Waals surface area contributed by atoms with Gasteiger partial charge in [0.25, 0.3) is 0 Å². The van der Waals surface area contributed by atoms with Crippen LogP contribution in [0, 0.1) is 0 Å². The Hall–Kier alpha value is -2.91. The summed E-state index contributed by atoms with van der Waals surface area (Å²) in [6, 6.07) is 12.6. The smallest absolute Gasteiger partial charge is 0.367 e. The van der Waals surface area contributed by atoms with E-state index in [-0.39, 0.29) is 12.3 Å². The molecule has 2 heterocycles. The van der Waals surface area contributed by atoms with Gasteiger partial charge in [-0.1, -0.05) is 24.3 Å². The van der Waals surface area contributed by atoms with Gasteiger partial charge in [-0.3, -0.25) is 4.79 Å². The highest BCUT2D eigenvalue weighted by molar-refractivity contribution is 7.13. The van der Waals surface area contributed by atoms with Crippen molar-refractivity contribution in [2.75, 3.05) is 43.4 Å². The van der Waals surface area contributed by atoms with Gasteiger partial charge in [-0.2, -0.15) is 13.2 Å². The van der Waals surface area contributed by atoms with Gasteiger partial charge in [0.1, 0.15) is 5.01 Å². The Morgan fingerprint density at radius 3 is 2.44 bits per heavy atom. The van der Waals surface area contributed by atoms with E-state index < -0.39 is 11.7 Å². The molecule has 0 unspecified atom stereocenters. The van der Waals surface area contributed by atoms with Crippen molar-refractivity contribution in [3.8, 4) is 10.6 Å². The lowest BCUT2D eigenvalue weighted by atomic mass is 10.1. The summed E-state index contributed by atoms with van der Waals surface area (Å²) in [4.78, 5) is 21.6. The SMILES string of the molecule is CN1CCN(c2ccccc2NC(=O)Cc2csc(-c3ccc(C(F)(F)F)cc3)n2)CC1. The number of amides is 1. The third-order valence-electron chi connectivity index (χ3n) is 5.37. The number of halogens is 3. The molecule has 32 heavy (non-hydrogen) atoms. The quantitative estimate of drug-likeness (QED) is 0.596. The van der Waals surface area contributed by atoms with E-state index in [0.717, 1.165) is 49.7 Å². The number of aromatic nitrogens is 1. The number of para-hydroxylation sites is 2. The second kappa shape index (κ2) is 9.30. The number of hydrogen-bond donors (Lipinski definition) is 1. The number of carbonyl (C=O) groups is 1. The van der Waals surface area contributed by atoms with Gasteiger partial charge in [-0.25, -0.2) is 4.98 Å². The molecule has 3 aromatic rings. The zero-order valence-corrected chi connectivity index (χ0v) is 18.3. The van der Waals surface area contributed by atoms with Crippen molar-refractivity contribution in [3.63, 3.8) is 0 Å². The number of nitrogens with one attached hydrogen (secondary N) is 1. The van der Waals surface area contributed by atoms with E-state index in [1.54, 1.807) is 5.38 Å². The molecule has 5 nitrogen and oxygen atoms in total. The van der Waals surface area contributed by atoms with Gasteiger partial charge in [0, 0.05) is 37.1 Å². The maximum atomic E-state index is 12.8. The lowest BCUT2D eigenvalue weighted by Crippen LogP contribution is -2.44. The second-order valence-corrected chi connectivity index (χ2v) is 8.61. The molecule has 168 valence electrons. The minimum absolute atomic E-state index is 0.0915. The molecule has 1 aliphatic rings. The number of likely N-dealkylation sites (N-methyl/N-ethyl adjacent to an activating group) is 1. The highest BCUT2D eigenvalue weighted by Crippen LogP contribution is 2.32. The molecule has 1 fully saturated rings. The van der Waals surface area contributed by atoms with Gasteiger partial charge in [0.15, 0.2) is 0 Å². The Morgan fingerprint density at radius 1 is 1.06 bits per heavy atom. The van der Waals surface area contributed by atoms with E-state index in [2.05, 4.69) is 27.1 Å². The number of hydrogen-bond acceptors (Lipinski definition) is 5. The summed E-state index contributed by atoms with van der Waals surface area (Å²) in [6.45, 7) is 3.72. The topological polar surface area (TPSA) is 48.5 Å². The summed E-state index contributed by atoms with van der Waals surface area (Å²) in [5.74, 6) is -0.184. The molecule has 9 heteroatoms. The fourth-order valence-corrected chi connectivity index (χ4v) is 4.41. The molecular formula is C23H23F3N4OS. The van der Waals surface area contributed by atoms with Gasteiger partial charge < -0.3 is 15.1 Å². The molecule has 1 saturated heterocycles. The standard InChI is InChI=1S/C23H23F3N4OS/c1-29-10-12-30(13-11-29)20-5-3-2-4-19(20)28-21(31)14-18-15-32-22(27-18)16-6-8-17(9-7-16)23(24,25)26/h2-9,15H,10-14H2,1H3,(H,28,31). The van der Waals surface area contributed by atoms with Gasteiger partial charge in [-0.15, -0.1) is 11.3 Å². The number of thiazole rings is 1. The molecule has 0 bridgehead atoms.